The van der Waals surface area contributed by atoms with Crippen LogP contribution in [0.5, 0.6) is 11.5 Å². The van der Waals surface area contributed by atoms with Crippen LogP contribution in [-0.2, 0) is 19.1 Å². The summed E-state index contributed by atoms with van der Waals surface area (Å²) in [5, 5.41) is 17.7. The molecule has 0 atom stereocenters. The molecule has 10 heteroatoms. The van der Waals surface area contributed by atoms with Crippen LogP contribution in [0.3, 0.4) is 0 Å². The molecule has 2 aliphatic heterocycles. The van der Waals surface area contributed by atoms with Crippen molar-refractivity contribution in [3.63, 3.8) is 0 Å². The Morgan fingerprint density at radius 1 is 0.963 bits per heavy atom. The second-order valence-corrected chi connectivity index (χ2v) is 5.72. The lowest BCUT2D eigenvalue weighted by molar-refractivity contribution is -0.159. The fourth-order valence-corrected chi connectivity index (χ4v) is 2.43. The van der Waals surface area contributed by atoms with Crippen LogP contribution in [0, 0.1) is 0 Å². The third-order valence-corrected chi connectivity index (χ3v) is 3.77. The van der Waals surface area contributed by atoms with Gasteiger partial charge in [0.1, 0.15) is 13.2 Å². The van der Waals surface area contributed by atoms with Crippen molar-refractivity contribution in [2.45, 2.75) is 6.42 Å². The molecule has 1 amide bonds. The van der Waals surface area contributed by atoms with E-state index in [9.17, 15) is 4.79 Å². The Balaban J connectivity index is 0.000000380. The summed E-state index contributed by atoms with van der Waals surface area (Å²) in [5.74, 6) is -2.22. The first-order chi connectivity index (χ1) is 13.0. The van der Waals surface area contributed by atoms with Gasteiger partial charge in [0.05, 0.1) is 13.2 Å². The third kappa shape index (κ3) is 7.12. The van der Waals surface area contributed by atoms with Gasteiger partial charge in [0.2, 0.25) is 5.91 Å². The number of carboxylic acids is 2. The number of morpholine rings is 1. The molecule has 1 saturated heterocycles. The van der Waals surface area contributed by atoms with E-state index >= 15 is 0 Å². The maximum Gasteiger partial charge on any atom is 0.414 e. The van der Waals surface area contributed by atoms with E-state index in [1.54, 1.807) is 6.07 Å². The van der Waals surface area contributed by atoms with E-state index in [0.29, 0.717) is 25.4 Å². The number of aliphatic carboxylic acids is 2. The third-order valence-electron chi connectivity index (χ3n) is 3.77. The molecule has 10 nitrogen and oxygen atoms in total. The number of nitrogens with zero attached hydrogens (tertiary/aromatic N) is 1. The van der Waals surface area contributed by atoms with Gasteiger partial charge in [-0.15, -0.1) is 0 Å². The summed E-state index contributed by atoms with van der Waals surface area (Å²) in [7, 11) is 0. The first kappa shape index (κ1) is 20.5. The summed E-state index contributed by atoms with van der Waals surface area (Å²) in [6.45, 7) is 5.18. The van der Waals surface area contributed by atoms with Crippen molar-refractivity contribution in [3.05, 3.63) is 18.2 Å². The van der Waals surface area contributed by atoms with E-state index in [1.807, 2.05) is 12.1 Å². The summed E-state index contributed by atoms with van der Waals surface area (Å²) in [4.78, 5) is 32.4. The molecular weight excluding hydrogens is 360 g/mol. The molecule has 0 unspecified atom stereocenters. The van der Waals surface area contributed by atoms with Crippen LogP contribution >= 0.6 is 0 Å². The first-order valence-corrected chi connectivity index (χ1v) is 8.41. The van der Waals surface area contributed by atoms with E-state index < -0.39 is 11.9 Å². The topological polar surface area (TPSA) is 135 Å². The number of carboxylic acid groups (broad SMARTS) is 2. The zero-order valence-electron chi connectivity index (χ0n) is 14.7. The van der Waals surface area contributed by atoms with Gasteiger partial charge in [-0.2, -0.15) is 0 Å². The monoisotopic (exact) mass is 382 g/mol. The number of hydrogen-bond acceptors (Lipinski definition) is 7. The molecule has 0 aliphatic carbocycles. The highest BCUT2D eigenvalue weighted by atomic mass is 16.6. The summed E-state index contributed by atoms with van der Waals surface area (Å²) in [6.07, 6.45) is 0.481. The van der Waals surface area contributed by atoms with Crippen LogP contribution in [-0.4, -0.2) is 79.0 Å². The standard InChI is InChI=1S/C15H20N2O4.C2H2O4/c18-15(3-4-17-5-7-19-8-6-17)16-12-1-2-13-14(11-12)21-10-9-20-13;3-1(4)2(5)6/h1-2,11H,3-10H2,(H,16,18);(H,3,4)(H,5,6). The zero-order valence-corrected chi connectivity index (χ0v) is 14.7. The normalized spacial score (nSPS) is 15.9. The van der Waals surface area contributed by atoms with Crippen molar-refractivity contribution in [1.82, 2.24) is 4.90 Å². The Morgan fingerprint density at radius 2 is 1.59 bits per heavy atom. The van der Waals surface area contributed by atoms with Crippen LogP contribution in [0.15, 0.2) is 18.2 Å². The minimum atomic E-state index is -1.82. The Bertz CT molecular complexity index is 661. The molecule has 1 aromatic rings. The number of benzene rings is 1. The summed E-state index contributed by atoms with van der Waals surface area (Å²) in [5.41, 5.74) is 0.742. The lowest BCUT2D eigenvalue weighted by Crippen LogP contribution is -2.38. The van der Waals surface area contributed by atoms with Crippen molar-refractivity contribution >= 4 is 23.5 Å². The number of anilines is 1. The molecule has 0 radical (unpaired) electrons. The molecule has 3 rings (SSSR count). The van der Waals surface area contributed by atoms with E-state index in [0.717, 1.165) is 44.3 Å². The van der Waals surface area contributed by atoms with Crippen LogP contribution in [0.4, 0.5) is 5.69 Å². The van der Waals surface area contributed by atoms with Crippen molar-refractivity contribution in [3.8, 4) is 11.5 Å². The quantitative estimate of drug-likeness (QED) is 0.627. The van der Waals surface area contributed by atoms with Crippen LogP contribution in [0.1, 0.15) is 6.42 Å². The predicted octanol–water partition coefficient (Wildman–Crippen LogP) is 0.274. The highest BCUT2D eigenvalue weighted by molar-refractivity contribution is 6.27. The molecular formula is C17H22N2O8. The molecule has 1 fully saturated rings. The van der Waals surface area contributed by atoms with Gasteiger partial charge in [0.15, 0.2) is 11.5 Å². The minimum Gasteiger partial charge on any atom is -0.486 e. The highest BCUT2D eigenvalue weighted by Crippen LogP contribution is 2.32. The fraction of sp³-hybridized carbons (Fsp3) is 0.471. The Morgan fingerprint density at radius 3 is 2.22 bits per heavy atom. The second-order valence-electron chi connectivity index (χ2n) is 5.72. The lowest BCUT2D eigenvalue weighted by atomic mass is 10.2. The van der Waals surface area contributed by atoms with Gasteiger partial charge in [-0.1, -0.05) is 0 Å². The summed E-state index contributed by atoms with van der Waals surface area (Å²) < 4.78 is 16.2. The zero-order chi connectivity index (χ0) is 19.6. The van der Waals surface area contributed by atoms with Gasteiger partial charge in [0, 0.05) is 37.8 Å². The number of hydrogen-bond donors (Lipinski definition) is 3. The smallest absolute Gasteiger partial charge is 0.414 e. The number of ether oxygens (including phenoxy) is 3. The van der Waals surface area contributed by atoms with Gasteiger partial charge in [-0.05, 0) is 12.1 Å². The number of rotatable bonds is 4. The highest BCUT2D eigenvalue weighted by Gasteiger charge is 2.14. The number of amides is 1. The molecule has 27 heavy (non-hydrogen) atoms. The molecule has 0 spiro atoms. The largest absolute Gasteiger partial charge is 0.486 e. The minimum absolute atomic E-state index is 0.0122. The van der Waals surface area contributed by atoms with Crippen LogP contribution in [0.2, 0.25) is 0 Å². The maximum atomic E-state index is 12.0. The van der Waals surface area contributed by atoms with Crippen molar-refractivity contribution in [2.24, 2.45) is 0 Å². The van der Waals surface area contributed by atoms with E-state index in [4.69, 9.17) is 34.0 Å². The van der Waals surface area contributed by atoms with Gasteiger partial charge >= 0.3 is 11.9 Å². The Hall–Kier alpha value is -2.85. The number of carbonyl (C=O) groups excluding carboxylic acids is 1. The first-order valence-electron chi connectivity index (χ1n) is 8.41. The molecule has 2 aliphatic rings. The molecule has 3 N–H and O–H groups in total. The van der Waals surface area contributed by atoms with E-state index in [-0.39, 0.29) is 5.91 Å². The van der Waals surface area contributed by atoms with Crippen molar-refractivity contribution in [1.29, 1.82) is 0 Å². The van der Waals surface area contributed by atoms with E-state index in [1.165, 1.54) is 0 Å². The van der Waals surface area contributed by atoms with Gasteiger partial charge in [0.25, 0.3) is 0 Å². The second kappa shape index (κ2) is 10.3. The number of carbonyl (C=O) groups is 3. The summed E-state index contributed by atoms with van der Waals surface area (Å²) >= 11 is 0. The molecule has 2 heterocycles. The lowest BCUT2D eigenvalue weighted by Gasteiger charge is -2.26. The fourth-order valence-electron chi connectivity index (χ4n) is 2.43. The van der Waals surface area contributed by atoms with Gasteiger partial charge in [-0.3, -0.25) is 9.69 Å². The van der Waals surface area contributed by atoms with Gasteiger partial charge < -0.3 is 29.7 Å². The molecule has 0 bridgehead atoms. The molecule has 1 aromatic carbocycles. The average Bonchev–Trinajstić information content (AvgIpc) is 2.67. The van der Waals surface area contributed by atoms with Crippen molar-refractivity contribution in [2.75, 3.05) is 51.4 Å². The molecule has 0 saturated carbocycles. The maximum absolute atomic E-state index is 12.0. The molecule has 148 valence electrons. The number of fused-ring (bicyclic) bond motifs is 1. The van der Waals surface area contributed by atoms with Crippen molar-refractivity contribution < 1.29 is 38.8 Å². The summed E-state index contributed by atoms with van der Waals surface area (Å²) in [6, 6.07) is 5.47. The predicted molar refractivity (Wildman–Crippen MR) is 93.2 cm³/mol. The Labute approximate surface area is 155 Å². The average molecular weight is 382 g/mol. The SMILES string of the molecule is O=C(CCN1CCOCC1)Nc1ccc2c(c1)OCCO2.O=C(O)C(=O)O. The Kier molecular flexibility index (Phi) is 7.83. The van der Waals surface area contributed by atoms with E-state index in [2.05, 4.69) is 10.2 Å². The van der Waals surface area contributed by atoms with Gasteiger partial charge in [-0.25, -0.2) is 9.59 Å². The number of nitrogens with one attached hydrogen (secondary N) is 1. The van der Waals surface area contributed by atoms with Crippen LogP contribution in [0.25, 0.3) is 0 Å². The van der Waals surface area contributed by atoms with Crippen LogP contribution < -0.4 is 14.8 Å². The molecule has 0 aromatic heterocycles.